The SMILES string of the molecule is CC1=CC(=O)C(N=[N+]=[N-])=C(C)C1=NS(C)(=O)=O. The molecule has 90 valence electrons. The Kier molecular flexibility index (Phi) is 3.50. The van der Waals surface area contributed by atoms with E-state index in [-0.39, 0.29) is 17.0 Å². The smallest absolute Gasteiger partial charge is 0.250 e. The van der Waals surface area contributed by atoms with E-state index in [4.69, 9.17) is 5.53 Å². The third kappa shape index (κ3) is 3.02. The van der Waals surface area contributed by atoms with Crippen LogP contribution in [0.3, 0.4) is 0 Å². The van der Waals surface area contributed by atoms with Crippen molar-refractivity contribution in [2.45, 2.75) is 13.8 Å². The fourth-order valence-corrected chi connectivity index (χ4v) is 2.01. The Bertz CT molecular complexity index is 619. The van der Waals surface area contributed by atoms with Gasteiger partial charge in [-0.05, 0) is 36.6 Å². The molecule has 7 nitrogen and oxygen atoms in total. The van der Waals surface area contributed by atoms with Crippen LogP contribution in [-0.2, 0) is 14.8 Å². The van der Waals surface area contributed by atoms with Gasteiger partial charge in [-0.2, -0.15) is 4.40 Å². The van der Waals surface area contributed by atoms with Gasteiger partial charge in [0.2, 0.25) is 0 Å². The van der Waals surface area contributed by atoms with Crippen LogP contribution in [0.4, 0.5) is 0 Å². The highest BCUT2D eigenvalue weighted by molar-refractivity contribution is 7.89. The van der Waals surface area contributed by atoms with Crippen LogP contribution in [0, 0.1) is 0 Å². The molecule has 0 aromatic carbocycles. The molecule has 0 aliphatic heterocycles. The molecule has 0 saturated carbocycles. The number of carbonyl (C=O) groups is 1. The Balaban J connectivity index is 3.51. The monoisotopic (exact) mass is 254 g/mol. The van der Waals surface area contributed by atoms with Gasteiger partial charge in [-0.3, -0.25) is 4.79 Å². The highest BCUT2D eigenvalue weighted by Gasteiger charge is 2.22. The lowest BCUT2D eigenvalue weighted by molar-refractivity contribution is -0.111. The minimum absolute atomic E-state index is 0.125. The molecule has 0 aromatic heterocycles. The summed E-state index contributed by atoms with van der Waals surface area (Å²) in [5.41, 5.74) is 9.04. The summed E-state index contributed by atoms with van der Waals surface area (Å²) in [6.07, 6.45) is 2.14. The van der Waals surface area contributed by atoms with Crippen molar-refractivity contribution >= 4 is 21.5 Å². The van der Waals surface area contributed by atoms with Gasteiger partial charge in [-0.1, -0.05) is 5.11 Å². The number of hydrogen-bond donors (Lipinski definition) is 0. The Hall–Kier alpha value is -1.92. The van der Waals surface area contributed by atoms with E-state index >= 15 is 0 Å². The van der Waals surface area contributed by atoms with Crippen molar-refractivity contribution in [2.24, 2.45) is 9.51 Å². The van der Waals surface area contributed by atoms with Gasteiger partial charge in [0.25, 0.3) is 10.0 Å². The fourth-order valence-electron chi connectivity index (χ4n) is 1.40. The molecule has 0 bridgehead atoms. The van der Waals surface area contributed by atoms with Crippen LogP contribution in [0.25, 0.3) is 10.4 Å². The van der Waals surface area contributed by atoms with Crippen molar-refractivity contribution in [3.05, 3.63) is 33.4 Å². The first-order chi connectivity index (χ1) is 7.76. The minimum atomic E-state index is -3.58. The van der Waals surface area contributed by atoms with Crippen molar-refractivity contribution in [3.8, 4) is 0 Å². The molecule has 0 aromatic rings. The predicted molar refractivity (Wildman–Crippen MR) is 62.9 cm³/mol. The highest BCUT2D eigenvalue weighted by atomic mass is 32.2. The van der Waals surface area contributed by atoms with Gasteiger partial charge in [0.15, 0.2) is 5.78 Å². The summed E-state index contributed by atoms with van der Waals surface area (Å²) in [5.74, 6) is -0.453. The number of sulfonamides is 1. The normalized spacial score (nSPS) is 19.1. The number of rotatable bonds is 2. The van der Waals surface area contributed by atoms with Crippen LogP contribution in [0.15, 0.2) is 32.4 Å². The van der Waals surface area contributed by atoms with Crippen molar-refractivity contribution in [3.63, 3.8) is 0 Å². The van der Waals surface area contributed by atoms with Gasteiger partial charge in [-0.25, -0.2) is 8.42 Å². The zero-order valence-electron chi connectivity index (χ0n) is 9.50. The van der Waals surface area contributed by atoms with Crippen LogP contribution < -0.4 is 0 Å². The van der Waals surface area contributed by atoms with E-state index in [1.54, 1.807) is 6.92 Å². The molecule has 0 spiro atoms. The topological polar surface area (TPSA) is 112 Å². The predicted octanol–water partition coefficient (Wildman–Crippen LogP) is 1.50. The summed E-state index contributed by atoms with van der Waals surface area (Å²) in [4.78, 5) is 14.0. The molecule has 0 fully saturated rings. The minimum Gasteiger partial charge on any atom is -0.289 e. The molecule has 0 amide bonds. The molecule has 0 unspecified atom stereocenters. The second-order valence-electron chi connectivity index (χ2n) is 3.53. The Morgan fingerprint density at radius 2 is 1.94 bits per heavy atom. The second-order valence-corrected chi connectivity index (χ2v) is 5.18. The molecule has 8 heteroatoms. The van der Waals surface area contributed by atoms with Gasteiger partial charge >= 0.3 is 0 Å². The molecule has 1 rings (SSSR count). The van der Waals surface area contributed by atoms with E-state index in [2.05, 4.69) is 14.4 Å². The first-order valence-corrected chi connectivity index (χ1v) is 6.40. The summed E-state index contributed by atoms with van der Waals surface area (Å²) in [6, 6.07) is 0. The second kappa shape index (κ2) is 4.52. The quantitative estimate of drug-likeness (QED) is 0.322. The van der Waals surface area contributed by atoms with E-state index in [1.807, 2.05) is 0 Å². The zero-order chi connectivity index (χ0) is 13.2. The van der Waals surface area contributed by atoms with Gasteiger partial charge in [0.05, 0.1) is 17.7 Å². The maximum Gasteiger partial charge on any atom is 0.250 e. The zero-order valence-corrected chi connectivity index (χ0v) is 10.3. The van der Waals surface area contributed by atoms with E-state index in [0.717, 1.165) is 6.26 Å². The van der Waals surface area contributed by atoms with Gasteiger partial charge < -0.3 is 0 Å². The average Bonchev–Trinajstić information content (AvgIpc) is 2.18. The fraction of sp³-hybridized carbons (Fsp3) is 0.333. The number of carbonyl (C=O) groups excluding carboxylic acids is 1. The van der Waals surface area contributed by atoms with Crippen LogP contribution in [0.1, 0.15) is 13.8 Å². The van der Waals surface area contributed by atoms with Gasteiger partial charge in [-0.15, -0.1) is 0 Å². The standard InChI is InChI=1S/C9H10N4O3S/c1-5-4-7(14)9(11-13-10)6(2)8(5)12-17(3,15)16/h4H,1-3H3. The molecule has 1 aliphatic rings. The Morgan fingerprint density at radius 3 is 2.41 bits per heavy atom. The number of hydrogen-bond acceptors (Lipinski definition) is 4. The Labute approximate surface area is 98.2 Å². The molecular formula is C9H10N4O3S. The van der Waals surface area contributed by atoms with Crippen LogP contribution in [0.2, 0.25) is 0 Å². The molecule has 0 radical (unpaired) electrons. The summed E-state index contributed by atoms with van der Waals surface area (Å²) in [5, 5.41) is 3.25. The van der Waals surface area contributed by atoms with E-state index < -0.39 is 15.8 Å². The number of ketones is 1. The summed E-state index contributed by atoms with van der Waals surface area (Å²) in [6.45, 7) is 3.06. The van der Waals surface area contributed by atoms with Crippen molar-refractivity contribution in [1.29, 1.82) is 0 Å². The average molecular weight is 254 g/mol. The van der Waals surface area contributed by atoms with E-state index in [0.29, 0.717) is 5.57 Å². The van der Waals surface area contributed by atoms with Crippen LogP contribution in [-0.4, -0.2) is 26.2 Å². The van der Waals surface area contributed by atoms with E-state index in [9.17, 15) is 13.2 Å². The summed E-state index contributed by atoms with van der Waals surface area (Å²) < 4.78 is 25.7. The first kappa shape index (κ1) is 13.1. The third-order valence-corrected chi connectivity index (χ3v) is 2.58. The van der Waals surface area contributed by atoms with Crippen molar-refractivity contribution in [2.75, 3.05) is 6.26 Å². The lowest BCUT2D eigenvalue weighted by Gasteiger charge is -2.14. The van der Waals surface area contributed by atoms with Crippen molar-refractivity contribution in [1.82, 2.24) is 0 Å². The lowest BCUT2D eigenvalue weighted by atomic mass is 9.95. The number of azide groups is 1. The number of nitrogens with zero attached hydrogens (tertiary/aromatic N) is 4. The van der Waals surface area contributed by atoms with Gasteiger partial charge in [0, 0.05) is 4.91 Å². The molecular weight excluding hydrogens is 244 g/mol. The molecule has 0 heterocycles. The molecule has 0 saturated heterocycles. The van der Waals surface area contributed by atoms with Crippen LogP contribution in [0.5, 0.6) is 0 Å². The maximum absolute atomic E-state index is 11.5. The molecule has 0 N–H and O–H groups in total. The molecule has 0 atom stereocenters. The van der Waals surface area contributed by atoms with Crippen molar-refractivity contribution < 1.29 is 13.2 Å². The highest BCUT2D eigenvalue weighted by Crippen LogP contribution is 2.21. The molecule has 1 aliphatic carbocycles. The molecule has 17 heavy (non-hydrogen) atoms. The lowest BCUT2D eigenvalue weighted by Crippen LogP contribution is -2.17. The Morgan fingerprint density at radius 1 is 1.35 bits per heavy atom. The maximum atomic E-state index is 11.5. The summed E-state index contributed by atoms with van der Waals surface area (Å²) >= 11 is 0. The number of allylic oxidation sites excluding steroid dienone is 3. The van der Waals surface area contributed by atoms with E-state index in [1.165, 1.54) is 13.0 Å². The van der Waals surface area contributed by atoms with Crippen LogP contribution >= 0.6 is 0 Å². The third-order valence-electron chi connectivity index (χ3n) is 2.07. The summed E-state index contributed by atoms with van der Waals surface area (Å²) in [7, 11) is -3.58. The largest absolute Gasteiger partial charge is 0.289 e. The first-order valence-electron chi connectivity index (χ1n) is 4.55. The van der Waals surface area contributed by atoms with Gasteiger partial charge in [0.1, 0.15) is 0 Å².